The van der Waals surface area contributed by atoms with Crippen molar-refractivity contribution in [3.63, 3.8) is 0 Å². The molecule has 0 aromatic carbocycles. The molecule has 0 fully saturated rings. The highest BCUT2D eigenvalue weighted by molar-refractivity contribution is 7.19. The number of H-pyrrole nitrogens is 1. The van der Waals surface area contributed by atoms with Crippen LogP contribution in [0.4, 0.5) is 0 Å². The molecule has 0 saturated heterocycles. The van der Waals surface area contributed by atoms with Crippen LogP contribution in [0.25, 0.3) is 22.0 Å². The van der Waals surface area contributed by atoms with E-state index in [9.17, 15) is 4.79 Å². The Morgan fingerprint density at radius 3 is 2.73 bits per heavy atom. The van der Waals surface area contributed by atoms with Gasteiger partial charge in [0.15, 0.2) is 0 Å². The molecule has 150 valence electrons. The maximum absolute atomic E-state index is 12.7. The third kappa shape index (κ3) is 3.92. The lowest BCUT2D eigenvalue weighted by atomic mass is 10.1. The molecule has 0 radical (unpaired) electrons. The van der Waals surface area contributed by atoms with E-state index >= 15 is 0 Å². The standard InChI is InChI=1S/C22H18ClN5OS/c23-20-4-3-19(30-20)18-2-1-14(11-25-18)12-28-10-7-17-16(13-28)22(29)27-21(26-17)15-5-8-24-9-6-15/h1-6,8-9,11H,7,10,12-13H2,(H,26,27,29). The van der Waals surface area contributed by atoms with E-state index < -0.39 is 0 Å². The third-order valence-corrected chi connectivity index (χ3v) is 6.41. The summed E-state index contributed by atoms with van der Waals surface area (Å²) >= 11 is 7.54. The minimum Gasteiger partial charge on any atom is -0.306 e. The number of hydrogen-bond donors (Lipinski definition) is 1. The van der Waals surface area contributed by atoms with Crippen molar-refractivity contribution in [2.45, 2.75) is 19.5 Å². The van der Waals surface area contributed by atoms with Crippen molar-refractivity contribution in [2.75, 3.05) is 6.54 Å². The molecule has 0 atom stereocenters. The molecule has 1 N–H and O–H groups in total. The second-order valence-corrected chi connectivity index (χ2v) is 8.91. The van der Waals surface area contributed by atoms with Crippen LogP contribution in [0.3, 0.4) is 0 Å². The number of aromatic amines is 1. The quantitative estimate of drug-likeness (QED) is 0.520. The molecule has 30 heavy (non-hydrogen) atoms. The van der Waals surface area contributed by atoms with E-state index in [4.69, 9.17) is 16.6 Å². The lowest BCUT2D eigenvalue weighted by molar-refractivity contribution is 0.241. The Morgan fingerprint density at radius 1 is 1.13 bits per heavy atom. The Labute approximate surface area is 182 Å². The number of nitrogens with one attached hydrogen (secondary N) is 1. The highest BCUT2D eigenvalue weighted by Gasteiger charge is 2.21. The molecule has 5 rings (SSSR count). The minimum absolute atomic E-state index is 0.0699. The molecule has 0 amide bonds. The SMILES string of the molecule is O=c1[nH]c(-c2ccncc2)nc2c1CN(Cc1ccc(-c3ccc(Cl)s3)nc1)CC2. The molecule has 4 aromatic heterocycles. The molecule has 8 heteroatoms. The van der Waals surface area contributed by atoms with E-state index in [-0.39, 0.29) is 5.56 Å². The van der Waals surface area contributed by atoms with E-state index in [0.29, 0.717) is 12.4 Å². The van der Waals surface area contributed by atoms with Gasteiger partial charge in [0.2, 0.25) is 0 Å². The fraction of sp³-hybridized carbons (Fsp3) is 0.182. The molecule has 4 aromatic rings. The van der Waals surface area contributed by atoms with Gasteiger partial charge >= 0.3 is 0 Å². The summed E-state index contributed by atoms with van der Waals surface area (Å²) in [7, 11) is 0. The van der Waals surface area contributed by atoms with Gasteiger partial charge in [-0.25, -0.2) is 4.98 Å². The first-order chi connectivity index (χ1) is 14.7. The van der Waals surface area contributed by atoms with Gasteiger partial charge in [0.05, 0.1) is 26.2 Å². The van der Waals surface area contributed by atoms with Crippen molar-refractivity contribution in [2.24, 2.45) is 0 Å². The number of fused-ring (bicyclic) bond motifs is 1. The van der Waals surface area contributed by atoms with Crippen LogP contribution in [0.15, 0.2) is 59.8 Å². The van der Waals surface area contributed by atoms with Gasteiger partial charge in [-0.2, -0.15) is 0 Å². The summed E-state index contributed by atoms with van der Waals surface area (Å²) in [5.74, 6) is 0.600. The van der Waals surface area contributed by atoms with Crippen molar-refractivity contribution >= 4 is 22.9 Å². The zero-order valence-electron chi connectivity index (χ0n) is 16.0. The number of thiophene rings is 1. The van der Waals surface area contributed by atoms with Gasteiger partial charge in [-0.05, 0) is 35.9 Å². The van der Waals surface area contributed by atoms with Crippen LogP contribution in [-0.4, -0.2) is 31.4 Å². The maximum Gasteiger partial charge on any atom is 0.255 e. The predicted octanol–water partition coefficient (Wildman–Crippen LogP) is 4.17. The number of pyridine rings is 2. The van der Waals surface area contributed by atoms with E-state index in [2.05, 4.69) is 25.9 Å². The topological polar surface area (TPSA) is 74.8 Å². The second-order valence-electron chi connectivity index (χ2n) is 7.19. The van der Waals surface area contributed by atoms with E-state index in [1.807, 2.05) is 36.5 Å². The monoisotopic (exact) mass is 435 g/mol. The molecule has 1 aliphatic rings. The minimum atomic E-state index is -0.0699. The van der Waals surface area contributed by atoms with Gasteiger partial charge < -0.3 is 4.98 Å². The Bertz CT molecular complexity index is 1240. The second kappa shape index (κ2) is 8.10. The van der Waals surface area contributed by atoms with Crippen LogP contribution in [0.1, 0.15) is 16.8 Å². The molecule has 6 nitrogen and oxygen atoms in total. The van der Waals surface area contributed by atoms with Crippen molar-refractivity contribution in [3.05, 3.63) is 86.5 Å². The van der Waals surface area contributed by atoms with Crippen LogP contribution in [0, 0.1) is 0 Å². The first kappa shape index (κ1) is 19.1. The summed E-state index contributed by atoms with van der Waals surface area (Å²) in [5.41, 5.74) is 4.46. The summed E-state index contributed by atoms with van der Waals surface area (Å²) in [4.78, 5) is 32.2. The zero-order chi connectivity index (χ0) is 20.5. The van der Waals surface area contributed by atoms with Gasteiger partial charge in [0.25, 0.3) is 5.56 Å². The summed E-state index contributed by atoms with van der Waals surface area (Å²) < 4.78 is 0.758. The van der Waals surface area contributed by atoms with Gasteiger partial charge in [-0.1, -0.05) is 17.7 Å². The molecule has 1 aliphatic heterocycles. The highest BCUT2D eigenvalue weighted by Crippen LogP contribution is 2.29. The highest BCUT2D eigenvalue weighted by atomic mass is 35.5. The van der Waals surface area contributed by atoms with Crippen molar-refractivity contribution in [1.82, 2.24) is 24.8 Å². The molecule has 0 spiro atoms. The fourth-order valence-corrected chi connectivity index (χ4v) is 4.66. The summed E-state index contributed by atoms with van der Waals surface area (Å²) in [5, 5.41) is 0. The van der Waals surface area contributed by atoms with Gasteiger partial charge in [0.1, 0.15) is 5.82 Å². The van der Waals surface area contributed by atoms with Crippen LogP contribution in [-0.2, 0) is 19.5 Å². The first-order valence-electron chi connectivity index (χ1n) is 9.61. The average molecular weight is 436 g/mol. The lowest BCUT2D eigenvalue weighted by Crippen LogP contribution is -2.35. The summed E-state index contributed by atoms with van der Waals surface area (Å²) in [6, 6.07) is 11.7. The Kier molecular flexibility index (Phi) is 5.16. The predicted molar refractivity (Wildman–Crippen MR) is 118 cm³/mol. The normalized spacial score (nSPS) is 13.9. The number of halogens is 1. The van der Waals surface area contributed by atoms with Crippen molar-refractivity contribution in [3.8, 4) is 22.0 Å². The molecule has 0 saturated carbocycles. The molecule has 0 bridgehead atoms. The first-order valence-corrected chi connectivity index (χ1v) is 10.8. The van der Waals surface area contributed by atoms with E-state index in [1.165, 1.54) is 11.3 Å². The number of hydrogen-bond acceptors (Lipinski definition) is 6. The molecule has 5 heterocycles. The average Bonchev–Trinajstić information content (AvgIpc) is 3.21. The zero-order valence-corrected chi connectivity index (χ0v) is 17.6. The van der Waals surface area contributed by atoms with Crippen LogP contribution >= 0.6 is 22.9 Å². The Balaban J connectivity index is 1.32. The summed E-state index contributed by atoms with van der Waals surface area (Å²) in [6.07, 6.45) is 6.04. The lowest BCUT2D eigenvalue weighted by Gasteiger charge is -2.27. The fourth-order valence-electron chi connectivity index (χ4n) is 3.64. The number of rotatable bonds is 4. The van der Waals surface area contributed by atoms with Gasteiger partial charge in [0, 0.05) is 50.2 Å². The molecule has 0 unspecified atom stereocenters. The number of aromatic nitrogens is 4. The van der Waals surface area contributed by atoms with Crippen LogP contribution < -0.4 is 5.56 Å². The molecular weight excluding hydrogens is 418 g/mol. The molecule has 0 aliphatic carbocycles. The van der Waals surface area contributed by atoms with Crippen molar-refractivity contribution < 1.29 is 0 Å². The molecular formula is C22H18ClN5OS. The van der Waals surface area contributed by atoms with Crippen LogP contribution in [0.2, 0.25) is 4.34 Å². The van der Waals surface area contributed by atoms with E-state index in [0.717, 1.165) is 56.8 Å². The van der Waals surface area contributed by atoms with Crippen molar-refractivity contribution in [1.29, 1.82) is 0 Å². The largest absolute Gasteiger partial charge is 0.306 e. The Morgan fingerprint density at radius 2 is 2.00 bits per heavy atom. The van der Waals surface area contributed by atoms with Crippen LogP contribution in [0.5, 0.6) is 0 Å². The van der Waals surface area contributed by atoms with Gasteiger partial charge in [-0.15, -0.1) is 11.3 Å². The summed E-state index contributed by atoms with van der Waals surface area (Å²) in [6.45, 7) is 2.17. The Hall–Kier alpha value is -2.87. The smallest absolute Gasteiger partial charge is 0.255 e. The maximum atomic E-state index is 12.7. The van der Waals surface area contributed by atoms with E-state index in [1.54, 1.807) is 12.4 Å². The number of nitrogens with zero attached hydrogens (tertiary/aromatic N) is 4. The third-order valence-electron chi connectivity index (χ3n) is 5.16. The van der Waals surface area contributed by atoms with Gasteiger partial charge in [-0.3, -0.25) is 19.7 Å².